The molecule has 124 valence electrons. The summed E-state index contributed by atoms with van der Waals surface area (Å²) in [6.07, 6.45) is 0.362. The second kappa shape index (κ2) is 7.58. The van der Waals surface area contributed by atoms with Crippen LogP contribution in [0.1, 0.15) is 62.6 Å². The second-order valence-corrected chi connectivity index (χ2v) is 6.96. The number of ether oxygens (including phenoxy) is 2. The molecule has 0 radical (unpaired) electrons. The zero-order valence-electron chi connectivity index (χ0n) is 13.9. The maximum atomic E-state index is 12.0. The van der Waals surface area contributed by atoms with Gasteiger partial charge in [-0.3, -0.25) is 0 Å². The third kappa shape index (κ3) is 5.29. The molecule has 0 bridgehead atoms. The van der Waals surface area contributed by atoms with Crippen LogP contribution in [0.3, 0.4) is 0 Å². The molecule has 0 saturated carbocycles. The lowest BCUT2D eigenvalue weighted by Gasteiger charge is -2.25. The number of aromatic nitrogens is 1. The van der Waals surface area contributed by atoms with Gasteiger partial charge in [-0.05, 0) is 26.7 Å². The molecule has 6 nitrogen and oxygen atoms in total. The van der Waals surface area contributed by atoms with Crippen LogP contribution in [0.5, 0.6) is 0 Å². The normalized spacial score (nSPS) is 14.1. The average Bonchev–Trinajstić information content (AvgIpc) is 2.90. The number of rotatable bonds is 5. The number of hydrogen-bond donors (Lipinski definition) is 1. The highest BCUT2D eigenvalue weighted by Gasteiger charge is 2.27. The van der Waals surface area contributed by atoms with E-state index in [-0.39, 0.29) is 17.7 Å². The first-order valence-corrected chi connectivity index (χ1v) is 8.09. The third-order valence-corrected chi connectivity index (χ3v) is 4.00. The van der Waals surface area contributed by atoms with Crippen LogP contribution in [0, 0.1) is 5.92 Å². The molecule has 0 aliphatic rings. The first kappa shape index (κ1) is 18.4. The van der Waals surface area contributed by atoms with Crippen molar-refractivity contribution in [1.82, 2.24) is 10.3 Å². The standard InChI is InChI=1S/C15H24N2O4S/c1-7-9(2)11(17-14(19)21-15(3,4)5)12-16-10(8-22-12)13(18)20-6/h8-9,11H,7H2,1-6H3,(H,17,19)/t9-,11-/m0/s1. The van der Waals surface area contributed by atoms with E-state index in [0.717, 1.165) is 6.42 Å². The zero-order valence-corrected chi connectivity index (χ0v) is 14.7. The highest BCUT2D eigenvalue weighted by Crippen LogP contribution is 2.28. The molecular weight excluding hydrogens is 304 g/mol. The molecule has 1 rings (SSSR count). The molecule has 1 aromatic rings. The van der Waals surface area contributed by atoms with Gasteiger partial charge in [0.15, 0.2) is 5.69 Å². The number of methoxy groups -OCH3 is 1. The van der Waals surface area contributed by atoms with Crippen molar-refractivity contribution < 1.29 is 19.1 Å². The summed E-state index contributed by atoms with van der Waals surface area (Å²) in [4.78, 5) is 27.8. The first-order valence-electron chi connectivity index (χ1n) is 7.21. The van der Waals surface area contributed by atoms with Gasteiger partial charge >= 0.3 is 12.1 Å². The lowest BCUT2D eigenvalue weighted by Crippen LogP contribution is -2.37. The molecule has 1 N–H and O–H groups in total. The van der Waals surface area contributed by atoms with Gasteiger partial charge in [-0.25, -0.2) is 14.6 Å². The van der Waals surface area contributed by atoms with Crippen LogP contribution in [-0.4, -0.2) is 29.8 Å². The van der Waals surface area contributed by atoms with Crippen molar-refractivity contribution in [2.45, 2.75) is 52.7 Å². The van der Waals surface area contributed by atoms with Crippen LogP contribution in [0.15, 0.2) is 5.38 Å². The van der Waals surface area contributed by atoms with E-state index in [1.54, 1.807) is 5.38 Å². The highest BCUT2D eigenvalue weighted by atomic mass is 32.1. The Morgan fingerprint density at radius 2 is 2.05 bits per heavy atom. The summed E-state index contributed by atoms with van der Waals surface area (Å²) in [6, 6.07) is -0.303. The maximum absolute atomic E-state index is 12.0. The summed E-state index contributed by atoms with van der Waals surface area (Å²) >= 11 is 1.32. The van der Waals surface area contributed by atoms with Gasteiger partial charge in [-0.1, -0.05) is 20.3 Å². The topological polar surface area (TPSA) is 77.5 Å². The first-order chi connectivity index (χ1) is 10.2. The van der Waals surface area contributed by atoms with Crippen LogP contribution < -0.4 is 5.32 Å². The largest absolute Gasteiger partial charge is 0.464 e. The molecule has 0 aromatic carbocycles. The Balaban J connectivity index is 2.91. The van der Waals surface area contributed by atoms with E-state index in [1.165, 1.54) is 18.4 Å². The fourth-order valence-electron chi connectivity index (χ4n) is 1.75. The van der Waals surface area contributed by atoms with Gasteiger partial charge in [-0.15, -0.1) is 11.3 Å². The van der Waals surface area contributed by atoms with Crippen LogP contribution >= 0.6 is 11.3 Å². The van der Waals surface area contributed by atoms with Crippen molar-refractivity contribution in [3.63, 3.8) is 0 Å². The number of nitrogens with zero attached hydrogens (tertiary/aromatic N) is 1. The molecule has 0 unspecified atom stereocenters. The quantitative estimate of drug-likeness (QED) is 0.837. The minimum atomic E-state index is -0.565. The third-order valence-electron chi connectivity index (χ3n) is 3.07. The van der Waals surface area contributed by atoms with E-state index in [1.807, 2.05) is 34.6 Å². The van der Waals surface area contributed by atoms with Crippen molar-refractivity contribution in [2.24, 2.45) is 5.92 Å². The molecule has 0 aliphatic heterocycles. The van der Waals surface area contributed by atoms with Gasteiger partial charge in [0.2, 0.25) is 0 Å². The van der Waals surface area contributed by atoms with E-state index in [9.17, 15) is 9.59 Å². The predicted molar refractivity (Wildman–Crippen MR) is 85.0 cm³/mol. The van der Waals surface area contributed by atoms with Gasteiger partial charge in [0.1, 0.15) is 10.6 Å². The Hall–Kier alpha value is -1.63. The average molecular weight is 328 g/mol. The number of esters is 1. The number of thiazole rings is 1. The van der Waals surface area contributed by atoms with Crippen molar-refractivity contribution >= 4 is 23.4 Å². The van der Waals surface area contributed by atoms with Crippen LogP contribution in [0.4, 0.5) is 4.79 Å². The fraction of sp³-hybridized carbons (Fsp3) is 0.667. The Morgan fingerprint density at radius 3 is 2.55 bits per heavy atom. The number of nitrogens with one attached hydrogen (secondary N) is 1. The highest BCUT2D eigenvalue weighted by molar-refractivity contribution is 7.09. The molecular formula is C15H24N2O4S. The molecule has 2 atom stereocenters. The summed E-state index contributed by atoms with van der Waals surface area (Å²) in [5.41, 5.74) is -0.314. The molecule has 1 aromatic heterocycles. The molecule has 0 saturated heterocycles. The lowest BCUT2D eigenvalue weighted by atomic mass is 10.00. The summed E-state index contributed by atoms with van der Waals surface area (Å²) in [7, 11) is 1.31. The summed E-state index contributed by atoms with van der Waals surface area (Å²) in [5, 5.41) is 5.14. The van der Waals surface area contributed by atoms with Crippen molar-refractivity contribution in [3.8, 4) is 0 Å². The van der Waals surface area contributed by atoms with Crippen molar-refractivity contribution in [1.29, 1.82) is 0 Å². The number of carbonyl (C=O) groups excluding carboxylic acids is 2. The molecule has 22 heavy (non-hydrogen) atoms. The monoisotopic (exact) mass is 328 g/mol. The van der Waals surface area contributed by atoms with Gasteiger partial charge < -0.3 is 14.8 Å². The van der Waals surface area contributed by atoms with Crippen molar-refractivity contribution in [2.75, 3.05) is 7.11 Å². The molecule has 1 amide bonds. The molecule has 0 fully saturated rings. The number of amides is 1. The molecule has 1 heterocycles. The lowest BCUT2D eigenvalue weighted by molar-refractivity contribution is 0.0486. The fourth-order valence-corrected chi connectivity index (χ4v) is 2.72. The maximum Gasteiger partial charge on any atom is 0.408 e. The smallest absolute Gasteiger partial charge is 0.408 e. The molecule has 7 heteroatoms. The Labute approximate surface area is 135 Å². The summed E-state index contributed by atoms with van der Waals surface area (Å²) in [5.74, 6) is -0.327. The van der Waals surface area contributed by atoms with Crippen LogP contribution in [0.2, 0.25) is 0 Å². The molecule has 0 aliphatic carbocycles. The minimum absolute atomic E-state index is 0.157. The van der Waals surface area contributed by atoms with Crippen molar-refractivity contribution in [3.05, 3.63) is 16.1 Å². The minimum Gasteiger partial charge on any atom is -0.464 e. The SMILES string of the molecule is CC[C@H](C)[C@H](NC(=O)OC(C)(C)C)c1nc(C(=O)OC)cs1. The van der Waals surface area contributed by atoms with E-state index in [4.69, 9.17) is 4.74 Å². The molecule has 0 spiro atoms. The van der Waals surface area contributed by atoms with E-state index < -0.39 is 17.7 Å². The van der Waals surface area contributed by atoms with Gasteiger partial charge in [0.25, 0.3) is 0 Å². The van der Waals surface area contributed by atoms with E-state index in [2.05, 4.69) is 15.0 Å². The van der Waals surface area contributed by atoms with Crippen LogP contribution in [0.25, 0.3) is 0 Å². The number of hydrogen-bond acceptors (Lipinski definition) is 6. The van der Waals surface area contributed by atoms with Gasteiger partial charge in [0, 0.05) is 5.38 Å². The zero-order chi connectivity index (χ0) is 16.9. The van der Waals surface area contributed by atoms with E-state index in [0.29, 0.717) is 5.01 Å². The number of alkyl carbamates (subject to hydrolysis) is 1. The van der Waals surface area contributed by atoms with Crippen LogP contribution in [-0.2, 0) is 9.47 Å². The Morgan fingerprint density at radius 1 is 1.41 bits per heavy atom. The summed E-state index contributed by atoms with van der Waals surface area (Å²) < 4.78 is 9.95. The van der Waals surface area contributed by atoms with Gasteiger partial charge in [-0.2, -0.15) is 0 Å². The Bertz CT molecular complexity index is 522. The van der Waals surface area contributed by atoms with Gasteiger partial charge in [0.05, 0.1) is 13.2 Å². The summed E-state index contributed by atoms with van der Waals surface area (Å²) in [6.45, 7) is 9.47. The Kier molecular flexibility index (Phi) is 6.34. The second-order valence-electron chi connectivity index (χ2n) is 6.07. The number of carbonyl (C=O) groups is 2. The predicted octanol–water partition coefficient (Wildman–Crippen LogP) is 3.54. The van der Waals surface area contributed by atoms with E-state index >= 15 is 0 Å².